The van der Waals surface area contributed by atoms with Crippen LogP contribution in [0.5, 0.6) is 0 Å². The highest BCUT2D eigenvalue weighted by atomic mass is 32.1. The minimum absolute atomic E-state index is 0.762. The molecule has 0 radical (unpaired) electrons. The zero-order chi connectivity index (χ0) is 17.7. The molecule has 0 amide bonds. The summed E-state index contributed by atoms with van der Waals surface area (Å²) in [6.45, 7) is 4.50. The molecule has 2 nitrogen and oxygen atoms in total. The lowest BCUT2D eigenvalue weighted by molar-refractivity contribution is 0.509. The van der Waals surface area contributed by atoms with Crippen LogP contribution < -0.4 is 0 Å². The van der Waals surface area contributed by atoms with Crippen LogP contribution in [0.25, 0.3) is 32.8 Å². The molecular weight excluding hydrogens is 338 g/mol. The van der Waals surface area contributed by atoms with Crippen LogP contribution in [0.15, 0.2) is 53.1 Å². The number of hydrogen-bond donors (Lipinski definition) is 0. The van der Waals surface area contributed by atoms with E-state index < -0.39 is 0 Å². The molecule has 3 heterocycles. The Balaban J connectivity index is 1.82. The topological polar surface area (TPSA) is 26.0 Å². The van der Waals surface area contributed by atoms with Gasteiger partial charge in [0.25, 0.3) is 0 Å². The molecule has 5 rings (SSSR count). The number of hydrogen-bond acceptors (Lipinski definition) is 3. The number of rotatable bonds is 2. The summed E-state index contributed by atoms with van der Waals surface area (Å²) in [5.41, 5.74) is 6.17. The third-order valence-electron chi connectivity index (χ3n) is 5.47. The van der Waals surface area contributed by atoms with E-state index in [0.29, 0.717) is 0 Å². The van der Waals surface area contributed by atoms with Gasteiger partial charge in [0.15, 0.2) is 0 Å². The Morgan fingerprint density at radius 2 is 2.00 bits per heavy atom. The van der Waals surface area contributed by atoms with Gasteiger partial charge in [0.05, 0.1) is 12.0 Å². The van der Waals surface area contributed by atoms with Crippen molar-refractivity contribution < 1.29 is 4.42 Å². The van der Waals surface area contributed by atoms with Crippen molar-refractivity contribution in [3.63, 3.8) is 0 Å². The second-order valence-corrected chi connectivity index (χ2v) is 8.46. The van der Waals surface area contributed by atoms with E-state index in [1.54, 1.807) is 6.26 Å². The lowest BCUT2D eigenvalue weighted by Crippen LogP contribution is -2.08. The maximum atomic E-state index is 5.81. The van der Waals surface area contributed by atoms with Crippen LogP contribution >= 0.6 is 11.3 Å². The third-order valence-corrected chi connectivity index (χ3v) is 6.62. The maximum absolute atomic E-state index is 5.81. The first kappa shape index (κ1) is 15.8. The maximum Gasteiger partial charge on any atom is 0.134 e. The Morgan fingerprint density at radius 1 is 1.12 bits per heavy atom. The fraction of sp³-hybridized carbons (Fsp3) is 0.261. The molecule has 0 N–H and O–H groups in total. The Morgan fingerprint density at radius 3 is 2.81 bits per heavy atom. The quantitative estimate of drug-likeness (QED) is 0.400. The number of nitrogens with zero attached hydrogens (tertiary/aromatic N) is 1. The summed E-state index contributed by atoms with van der Waals surface area (Å²) in [6, 6.07) is 14.7. The summed E-state index contributed by atoms with van der Waals surface area (Å²) in [5, 5.41) is 1.31. The molecule has 0 saturated carbocycles. The molecule has 0 unspecified atom stereocenters. The largest absolute Gasteiger partial charge is 0.464 e. The van der Waals surface area contributed by atoms with Crippen molar-refractivity contribution in [2.75, 3.05) is 0 Å². The predicted octanol–water partition coefficient (Wildman–Crippen LogP) is 6.66. The first-order valence-corrected chi connectivity index (χ1v) is 10.1. The normalized spacial score (nSPS) is 16.8. The fourth-order valence-electron chi connectivity index (χ4n) is 4.07. The van der Waals surface area contributed by atoms with Gasteiger partial charge in [0.1, 0.15) is 10.6 Å². The van der Waals surface area contributed by atoms with Crippen LogP contribution in [0.1, 0.15) is 29.3 Å². The number of pyridine rings is 1. The second kappa shape index (κ2) is 6.10. The molecular formula is C23H21NOS. The van der Waals surface area contributed by atoms with Gasteiger partial charge in [0, 0.05) is 21.4 Å². The van der Waals surface area contributed by atoms with Crippen LogP contribution in [-0.4, -0.2) is 4.98 Å². The van der Waals surface area contributed by atoms with E-state index >= 15 is 0 Å². The van der Waals surface area contributed by atoms with Crippen molar-refractivity contribution in [2.24, 2.45) is 5.92 Å². The van der Waals surface area contributed by atoms with Crippen LogP contribution in [0.2, 0.25) is 0 Å². The van der Waals surface area contributed by atoms with E-state index in [9.17, 15) is 0 Å². The SMILES string of the molecule is Cc1ccccc1-c1cc(-c2ccco2)c2c3c(sc2n1)C[C@H](C)CC3. The second-order valence-electron chi connectivity index (χ2n) is 7.38. The van der Waals surface area contributed by atoms with Crippen molar-refractivity contribution >= 4 is 21.6 Å². The molecule has 4 aromatic rings. The van der Waals surface area contributed by atoms with E-state index in [0.717, 1.165) is 28.6 Å². The predicted molar refractivity (Wildman–Crippen MR) is 109 cm³/mol. The Hall–Kier alpha value is -2.39. The molecule has 0 aliphatic heterocycles. The van der Waals surface area contributed by atoms with Gasteiger partial charge < -0.3 is 4.42 Å². The van der Waals surface area contributed by atoms with Crippen molar-refractivity contribution in [3.05, 3.63) is 64.7 Å². The van der Waals surface area contributed by atoms with Crippen molar-refractivity contribution in [1.29, 1.82) is 0 Å². The molecule has 3 heteroatoms. The Labute approximate surface area is 157 Å². The molecule has 1 aromatic carbocycles. The van der Waals surface area contributed by atoms with Gasteiger partial charge >= 0.3 is 0 Å². The Kier molecular flexibility index (Phi) is 3.71. The first-order chi connectivity index (χ1) is 12.7. The summed E-state index contributed by atoms with van der Waals surface area (Å²) in [6.07, 6.45) is 5.34. The van der Waals surface area contributed by atoms with E-state index in [1.165, 1.54) is 45.4 Å². The molecule has 0 bridgehead atoms. The third kappa shape index (κ3) is 2.50. The number of thiophene rings is 1. The molecule has 1 aliphatic rings. The van der Waals surface area contributed by atoms with E-state index in [4.69, 9.17) is 9.40 Å². The molecule has 130 valence electrons. The van der Waals surface area contributed by atoms with Crippen LogP contribution in [0.4, 0.5) is 0 Å². The van der Waals surface area contributed by atoms with Crippen LogP contribution in [0.3, 0.4) is 0 Å². The van der Waals surface area contributed by atoms with Gasteiger partial charge in [-0.2, -0.15) is 0 Å². The lowest BCUT2D eigenvalue weighted by Gasteiger charge is -2.18. The summed E-state index contributed by atoms with van der Waals surface area (Å²) in [5.74, 6) is 1.70. The average molecular weight is 359 g/mol. The molecule has 0 saturated heterocycles. The highest BCUT2D eigenvalue weighted by Crippen LogP contribution is 2.43. The summed E-state index contributed by atoms with van der Waals surface area (Å²) in [7, 11) is 0. The number of fused-ring (bicyclic) bond motifs is 3. The van der Waals surface area contributed by atoms with Gasteiger partial charge in [-0.15, -0.1) is 11.3 Å². The molecule has 0 fully saturated rings. The van der Waals surface area contributed by atoms with Crippen molar-refractivity contribution in [2.45, 2.75) is 33.1 Å². The van der Waals surface area contributed by atoms with Crippen LogP contribution in [0, 0.1) is 12.8 Å². The van der Waals surface area contributed by atoms with Crippen LogP contribution in [-0.2, 0) is 12.8 Å². The number of aromatic nitrogens is 1. The summed E-state index contributed by atoms with van der Waals surface area (Å²) < 4.78 is 5.81. The van der Waals surface area contributed by atoms with E-state index in [-0.39, 0.29) is 0 Å². The number of aryl methyl sites for hydroxylation is 2. The smallest absolute Gasteiger partial charge is 0.134 e. The monoisotopic (exact) mass is 359 g/mol. The number of benzene rings is 1. The van der Waals surface area contributed by atoms with Gasteiger partial charge in [-0.1, -0.05) is 31.2 Å². The minimum atomic E-state index is 0.762. The zero-order valence-electron chi connectivity index (χ0n) is 15.1. The standard InChI is InChI=1S/C23H21NOS/c1-14-9-10-17-21(12-14)26-23-22(17)18(20-8-5-11-25-20)13-19(24-23)16-7-4-3-6-15(16)2/h3-8,11,13-14H,9-10,12H2,1-2H3/t14-/m1/s1. The Bertz CT molecular complexity index is 1090. The number of furan rings is 1. The lowest BCUT2D eigenvalue weighted by atomic mass is 9.88. The molecule has 0 spiro atoms. The molecule has 1 aliphatic carbocycles. The molecule has 1 atom stereocenters. The summed E-state index contributed by atoms with van der Waals surface area (Å²) in [4.78, 5) is 7.75. The van der Waals surface area contributed by atoms with Gasteiger partial charge in [-0.3, -0.25) is 0 Å². The average Bonchev–Trinajstić information content (AvgIpc) is 3.28. The van der Waals surface area contributed by atoms with Gasteiger partial charge in [-0.25, -0.2) is 4.98 Å². The van der Waals surface area contributed by atoms with Gasteiger partial charge in [0.2, 0.25) is 0 Å². The van der Waals surface area contributed by atoms with Crippen molar-refractivity contribution in [1.82, 2.24) is 4.98 Å². The summed E-state index contributed by atoms with van der Waals surface area (Å²) >= 11 is 1.88. The molecule has 3 aromatic heterocycles. The fourth-order valence-corrected chi connectivity index (χ4v) is 5.48. The minimum Gasteiger partial charge on any atom is -0.464 e. The van der Waals surface area contributed by atoms with E-state index in [1.807, 2.05) is 17.4 Å². The highest BCUT2D eigenvalue weighted by molar-refractivity contribution is 7.19. The zero-order valence-corrected chi connectivity index (χ0v) is 15.9. The van der Waals surface area contributed by atoms with Gasteiger partial charge in [-0.05, 0) is 61.4 Å². The first-order valence-electron chi connectivity index (χ1n) is 9.26. The van der Waals surface area contributed by atoms with Crippen molar-refractivity contribution in [3.8, 4) is 22.6 Å². The molecule has 26 heavy (non-hydrogen) atoms. The van der Waals surface area contributed by atoms with E-state index in [2.05, 4.69) is 50.2 Å². The highest BCUT2D eigenvalue weighted by Gasteiger charge is 2.24.